The van der Waals surface area contributed by atoms with Crippen molar-refractivity contribution < 1.29 is 24.0 Å². The lowest BCUT2D eigenvalue weighted by Gasteiger charge is -2.07. The molecule has 1 heterocycles. The highest BCUT2D eigenvalue weighted by molar-refractivity contribution is 6.32. The Morgan fingerprint density at radius 3 is 2.52 bits per heavy atom. The van der Waals surface area contributed by atoms with E-state index >= 15 is 0 Å². The Balaban J connectivity index is 2.39. The molecule has 2 rings (SSSR count). The second kappa shape index (κ2) is 5.63. The van der Waals surface area contributed by atoms with Crippen molar-refractivity contribution >= 4 is 34.9 Å². The third-order valence-electron chi connectivity index (χ3n) is 2.56. The number of rotatable bonds is 4. The fraction of sp³-hybridized carbons (Fsp3) is 0. The zero-order valence-corrected chi connectivity index (χ0v) is 11.0. The first-order valence-corrected chi connectivity index (χ1v) is 5.84. The van der Waals surface area contributed by atoms with Gasteiger partial charge in [-0.1, -0.05) is 0 Å². The Labute approximate surface area is 122 Å². The maximum Gasteiger partial charge on any atom is 0.337 e. The van der Waals surface area contributed by atoms with Crippen LogP contribution in [0.3, 0.4) is 0 Å². The van der Waals surface area contributed by atoms with Crippen molar-refractivity contribution in [2.45, 2.75) is 0 Å². The smallest absolute Gasteiger partial charge is 0.337 e. The molecule has 1 amide bonds. The number of nitro benzene ring substituents is 1. The van der Waals surface area contributed by atoms with Gasteiger partial charge in [-0.15, -0.1) is 0 Å². The summed E-state index contributed by atoms with van der Waals surface area (Å²) in [6, 6.07) is 4.31. The van der Waals surface area contributed by atoms with Gasteiger partial charge in [-0.3, -0.25) is 14.9 Å². The normalized spacial score (nSPS) is 10.1. The van der Waals surface area contributed by atoms with Crippen molar-refractivity contribution in [2.75, 3.05) is 5.32 Å². The number of non-ortho nitro benzene ring substituents is 1. The number of nitrogens with one attached hydrogen (secondary N) is 1. The number of nitrogens with zero attached hydrogens (tertiary/aromatic N) is 1. The summed E-state index contributed by atoms with van der Waals surface area (Å²) < 4.78 is 4.74. The number of hydrogen-bond donors (Lipinski definition) is 2. The lowest BCUT2D eigenvalue weighted by molar-refractivity contribution is -0.384. The van der Waals surface area contributed by atoms with E-state index in [4.69, 9.17) is 21.1 Å². The average Bonchev–Trinajstić information content (AvgIpc) is 2.84. The largest absolute Gasteiger partial charge is 0.478 e. The number of carboxylic acids is 1. The minimum Gasteiger partial charge on any atom is -0.478 e. The SMILES string of the molecule is O=C(O)c1ccc([N+](=O)[O-])cc1NC(=O)c1ccoc1Cl. The molecule has 8 nitrogen and oxygen atoms in total. The van der Waals surface area contributed by atoms with Crippen LogP contribution in [-0.2, 0) is 0 Å². The van der Waals surface area contributed by atoms with Gasteiger partial charge in [0.05, 0.1) is 28.0 Å². The van der Waals surface area contributed by atoms with Crippen LogP contribution in [0.5, 0.6) is 0 Å². The summed E-state index contributed by atoms with van der Waals surface area (Å²) in [7, 11) is 0. The molecule has 0 aliphatic heterocycles. The number of carbonyl (C=O) groups excluding carboxylic acids is 1. The van der Waals surface area contributed by atoms with E-state index in [1.807, 2.05) is 0 Å². The van der Waals surface area contributed by atoms with Gasteiger partial charge in [-0.25, -0.2) is 4.79 Å². The summed E-state index contributed by atoms with van der Waals surface area (Å²) in [4.78, 5) is 33.0. The molecule has 1 aromatic heterocycles. The Morgan fingerprint density at radius 2 is 2.00 bits per heavy atom. The van der Waals surface area contributed by atoms with Gasteiger partial charge in [0, 0.05) is 12.1 Å². The molecule has 0 aliphatic carbocycles. The second-order valence-corrected chi connectivity index (χ2v) is 4.20. The molecule has 2 aromatic rings. The highest BCUT2D eigenvalue weighted by atomic mass is 35.5. The molecule has 0 saturated carbocycles. The van der Waals surface area contributed by atoms with Crippen LogP contribution in [0.4, 0.5) is 11.4 Å². The summed E-state index contributed by atoms with van der Waals surface area (Å²) in [6.07, 6.45) is 1.18. The summed E-state index contributed by atoms with van der Waals surface area (Å²) in [5, 5.41) is 21.8. The molecule has 0 atom stereocenters. The Hall–Kier alpha value is -2.87. The van der Waals surface area contributed by atoms with Crippen LogP contribution in [0, 0.1) is 10.1 Å². The molecule has 0 spiro atoms. The number of anilines is 1. The van der Waals surface area contributed by atoms with Crippen LogP contribution >= 0.6 is 11.6 Å². The van der Waals surface area contributed by atoms with E-state index in [-0.39, 0.29) is 27.7 Å². The summed E-state index contributed by atoms with van der Waals surface area (Å²) in [5.74, 6) is -2.07. The minimum absolute atomic E-state index is 0.0143. The zero-order chi connectivity index (χ0) is 15.6. The average molecular weight is 311 g/mol. The predicted molar refractivity (Wildman–Crippen MR) is 71.7 cm³/mol. The van der Waals surface area contributed by atoms with Crippen molar-refractivity contribution in [1.82, 2.24) is 0 Å². The lowest BCUT2D eigenvalue weighted by atomic mass is 10.1. The maximum atomic E-state index is 11.9. The van der Waals surface area contributed by atoms with Crippen LogP contribution in [0.25, 0.3) is 0 Å². The van der Waals surface area contributed by atoms with Crippen molar-refractivity contribution in [3.63, 3.8) is 0 Å². The fourth-order valence-electron chi connectivity index (χ4n) is 1.58. The number of carboxylic acid groups (broad SMARTS) is 1. The number of amides is 1. The molecule has 0 saturated heterocycles. The first-order valence-electron chi connectivity index (χ1n) is 5.46. The number of carbonyl (C=O) groups is 2. The minimum atomic E-state index is -1.33. The number of halogens is 1. The monoisotopic (exact) mass is 310 g/mol. The van der Waals surface area contributed by atoms with Crippen molar-refractivity contribution in [1.29, 1.82) is 0 Å². The number of benzene rings is 1. The molecule has 2 N–H and O–H groups in total. The second-order valence-electron chi connectivity index (χ2n) is 3.85. The quantitative estimate of drug-likeness (QED) is 0.661. The van der Waals surface area contributed by atoms with E-state index < -0.39 is 16.8 Å². The van der Waals surface area contributed by atoms with E-state index in [1.165, 1.54) is 12.3 Å². The summed E-state index contributed by atoms with van der Waals surface area (Å²) in [5.41, 5.74) is -0.861. The van der Waals surface area contributed by atoms with E-state index in [1.54, 1.807) is 0 Å². The third kappa shape index (κ3) is 3.00. The van der Waals surface area contributed by atoms with Crippen LogP contribution in [-0.4, -0.2) is 21.9 Å². The Morgan fingerprint density at radius 1 is 1.29 bits per heavy atom. The van der Waals surface area contributed by atoms with E-state index in [2.05, 4.69) is 5.32 Å². The lowest BCUT2D eigenvalue weighted by Crippen LogP contribution is -2.14. The third-order valence-corrected chi connectivity index (χ3v) is 2.85. The molecular weight excluding hydrogens is 304 g/mol. The molecule has 0 radical (unpaired) electrons. The van der Waals surface area contributed by atoms with Crippen molar-refractivity contribution in [3.8, 4) is 0 Å². The van der Waals surface area contributed by atoms with E-state index in [0.29, 0.717) is 0 Å². The zero-order valence-electron chi connectivity index (χ0n) is 10.2. The summed E-state index contributed by atoms with van der Waals surface area (Å²) >= 11 is 5.63. The molecule has 21 heavy (non-hydrogen) atoms. The van der Waals surface area contributed by atoms with Gasteiger partial charge < -0.3 is 14.8 Å². The van der Waals surface area contributed by atoms with Crippen molar-refractivity contribution in [2.24, 2.45) is 0 Å². The summed E-state index contributed by atoms with van der Waals surface area (Å²) in [6.45, 7) is 0. The van der Waals surface area contributed by atoms with Crippen LogP contribution < -0.4 is 5.32 Å². The maximum absolute atomic E-state index is 11.9. The van der Waals surface area contributed by atoms with Gasteiger partial charge in [0.2, 0.25) is 5.22 Å². The van der Waals surface area contributed by atoms with Crippen LogP contribution in [0.2, 0.25) is 5.22 Å². The standard InChI is InChI=1S/C12H7ClN2O6/c13-10-8(3-4-21-10)11(16)14-9-5-6(15(19)20)1-2-7(9)12(17)18/h1-5H,(H,14,16)(H,17,18). The van der Waals surface area contributed by atoms with E-state index in [0.717, 1.165) is 18.2 Å². The first-order chi connectivity index (χ1) is 9.90. The molecule has 108 valence electrons. The number of hydrogen-bond acceptors (Lipinski definition) is 5. The van der Waals surface area contributed by atoms with Crippen molar-refractivity contribution in [3.05, 3.63) is 57.0 Å². The molecule has 9 heteroatoms. The van der Waals surface area contributed by atoms with Gasteiger partial charge in [0.25, 0.3) is 11.6 Å². The number of furan rings is 1. The number of aromatic carboxylic acids is 1. The molecule has 0 fully saturated rings. The topological polar surface area (TPSA) is 123 Å². The molecule has 0 bridgehead atoms. The van der Waals surface area contributed by atoms with Gasteiger partial charge >= 0.3 is 5.97 Å². The highest BCUT2D eigenvalue weighted by Crippen LogP contribution is 2.25. The molecular formula is C12H7ClN2O6. The predicted octanol–water partition coefficient (Wildman–Crippen LogP) is 2.79. The molecule has 1 aromatic carbocycles. The van der Waals surface area contributed by atoms with Gasteiger partial charge in [0.15, 0.2) is 0 Å². The Bertz CT molecular complexity index is 739. The van der Waals surface area contributed by atoms with Crippen LogP contribution in [0.1, 0.15) is 20.7 Å². The molecule has 0 aliphatic rings. The van der Waals surface area contributed by atoms with Crippen LogP contribution in [0.15, 0.2) is 34.9 Å². The van der Waals surface area contributed by atoms with E-state index in [9.17, 15) is 19.7 Å². The number of nitro groups is 1. The fourth-order valence-corrected chi connectivity index (χ4v) is 1.78. The molecule has 0 unspecified atom stereocenters. The first kappa shape index (κ1) is 14.5. The Kier molecular flexibility index (Phi) is 3.90. The van der Waals surface area contributed by atoms with Gasteiger partial charge in [-0.05, 0) is 23.7 Å². The van der Waals surface area contributed by atoms with Gasteiger partial charge in [-0.2, -0.15) is 0 Å². The van der Waals surface area contributed by atoms with Gasteiger partial charge in [0.1, 0.15) is 0 Å². The highest BCUT2D eigenvalue weighted by Gasteiger charge is 2.19.